The quantitative estimate of drug-likeness (QED) is 0.120. The second-order valence-electron chi connectivity index (χ2n) is 10.8. The zero-order valence-corrected chi connectivity index (χ0v) is 25.7. The van der Waals surface area contributed by atoms with Gasteiger partial charge in [-0.2, -0.15) is 35.1 Å². The fourth-order valence-electron chi connectivity index (χ4n) is 4.48. The van der Waals surface area contributed by atoms with Gasteiger partial charge < -0.3 is 40.0 Å². The first-order chi connectivity index (χ1) is 22.5. The van der Waals surface area contributed by atoms with Crippen LogP contribution in [-0.4, -0.2) is 82.0 Å². The Balaban J connectivity index is 1.68. The number of benzene rings is 1. The average Bonchev–Trinajstić information content (AvgIpc) is 3.70. The van der Waals surface area contributed by atoms with E-state index in [-0.39, 0.29) is 58.2 Å². The van der Waals surface area contributed by atoms with E-state index in [4.69, 9.17) is 19.9 Å². The minimum atomic E-state index is -6.16. The Morgan fingerprint density at radius 1 is 0.979 bits per heavy atom. The third-order valence-electron chi connectivity index (χ3n) is 7.14. The first kappa shape index (κ1) is 37.5. The van der Waals surface area contributed by atoms with Crippen LogP contribution < -0.4 is 19.9 Å². The first-order valence-corrected chi connectivity index (χ1v) is 15.1. The predicted molar refractivity (Wildman–Crippen MR) is 152 cm³/mol. The van der Waals surface area contributed by atoms with Gasteiger partial charge in [-0.1, -0.05) is 12.1 Å². The van der Waals surface area contributed by atoms with E-state index < -0.39 is 60.6 Å². The Labute approximate surface area is 272 Å². The van der Waals surface area contributed by atoms with Gasteiger partial charge in [0.05, 0.1) is 18.8 Å². The Morgan fingerprint density at radius 2 is 1.67 bits per heavy atom. The lowest BCUT2D eigenvalue weighted by Gasteiger charge is -2.30. The number of hydrogen-bond acceptors (Lipinski definition) is 11. The summed E-state index contributed by atoms with van der Waals surface area (Å²) in [6.07, 6.45) is -12.6. The third kappa shape index (κ3) is 8.80. The normalized spacial score (nSPS) is 16.8. The molecule has 0 radical (unpaired) electrons. The lowest BCUT2D eigenvalue weighted by molar-refractivity contribution is -0.376. The molecule has 10 nitrogen and oxygen atoms in total. The van der Waals surface area contributed by atoms with Crippen molar-refractivity contribution in [1.29, 1.82) is 0 Å². The molecule has 4 atom stereocenters. The van der Waals surface area contributed by atoms with Crippen molar-refractivity contribution in [2.75, 3.05) is 13.2 Å². The van der Waals surface area contributed by atoms with Crippen molar-refractivity contribution in [2.24, 2.45) is 5.73 Å². The molecule has 266 valence electrons. The van der Waals surface area contributed by atoms with Gasteiger partial charge in [-0.15, -0.1) is 11.3 Å². The SMILES string of the molecule is C[C@H](Oc1ccc(C[C@@H](c2ccc(OC(F)F)c(OC3CC3)c2)c2cnc(C(O)(C(F)(F)F)C(F)(F)F)s2)cn1)OC(CO)[C@@H](O)CN. The second-order valence-corrected chi connectivity index (χ2v) is 11.8. The van der Waals surface area contributed by atoms with Gasteiger partial charge in [0, 0.05) is 35.8 Å². The zero-order valence-electron chi connectivity index (χ0n) is 24.9. The van der Waals surface area contributed by atoms with Gasteiger partial charge in [0.1, 0.15) is 11.1 Å². The number of aliphatic hydroxyl groups is 3. The van der Waals surface area contributed by atoms with E-state index >= 15 is 0 Å². The maximum atomic E-state index is 13.6. The van der Waals surface area contributed by atoms with Crippen LogP contribution >= 0.6 is 11.3 Å². The molecule has 1 aliphatic carbocycles. The van der Waals surface area contributed by atoms with Crippen molar-refractivity contribution in [2.45, 2.75) is 81.3 Å². The van der Waals surface area contributed by atoms with Crippen molar-refractivity contribution in [1.82, 2.24) is 9.97 Å². The summed E-state index contributed by atoms with van der Waals surface area (Å²) >= 11 is -0.0184. The molecule has 3 aromatic rings. The summed E-state index contributed by atoms with van der Waals surface area (Å²) in [6, 6.07) is 6.65. The molecule has 5 N–H and O–H groups in total. The summed E-state index contributed by atoms with van der Waals surface area (Å²) in [5.74, 6) is -1.45. The minimum Gasteiger partial charge on any atom is -0.487 e. The van der Waals surface area contributed by atoms with Crippen LogP contribution in [-0.2, 0) is 16.8 Å². The lowest BCUT2D eigenvalue weighted by atomic mass is 9.91. The van der Waals surface area contributed by atoms with E-state index in [9.17, 15) is 50.4 Å². The lowest BCUT2D eigenvalue weighted by Crippen LogP contribution is -2.53. The highest BCUT2D eigenvalue weighted by Gasteiger charge is 2.73. The predicted octanol–water partition coefficient (Wildman–Crippen LogP) is 4.79. The number of nitrogens with two attached hydrogens (primary N) is 1. The van der Waals surface area contributed by atoms with Gasteiger partial charge in [-0.05, 0) is 49.4 Å². The molecule has 2 heterocycles. The summed E-state index contributed by atoms with van der Waals surface area (Å²) in [5, 5.41) is 27.5. The largest absolute Gasteiger partial charge is 0.487 e. The van der Waals surface area contributed by atoms with Crippen LogP contribution in [0.4, 0.5) is 35.1 Å². The van der Waals surface area contributed by atoms with Crippen molar-refractivity contribution < 1.29 is 69.4 Å². The fourth-order valence-corrected chi connectivity index (χ4v) is 5.66. The van der Waals surface area contributed by atoms with E-state index in [0.29, 0.717) is 18.4 Å². The number of hydrogen-bond donors (Lipinski definition) is 4. The molecular weight excluding hydrogens is 686 g/mol. The molecule has 48 heavy (non-hydrogen) atoms. The average molecular weight is 718 g/mol. The Bertz CT molecular complexity index is 1470. The van der Waals surface area contributed by atoms with E-state index in [1.807, 2.05) is 0 Å². The van der Waals surface area contributed by atoms with Gasteiger partial charge >= 0.3 is 24.6 Å². The smallest absolute Gasteiger partial charge is 0.433 e. The van der Waals surface area contributed by atoms with Crippen LogP contribution in [0.15, 0.2) is 42.7 Å². The van der Waals surface area contributed by atoms with Crippen molar-refractivity contribution in [3.63, 3.8) is 0 Å². The number of halogens is 8. The van der Waals surface area contributed by atoms with Crippen molar-refractivity contribution >= 4 is 11.3 Å². The van der Waals surface area contributed by atoms with Gasteiger partial charge in [0.2, 0.25) is 5.88 Å². The number of nitrogens with zero attached hydrogens (tertiary/aromatic N) is 2. The molecule has 0 bridgehead atoms. The highest BCUT2D eigenvalue weighted by Crippen LogP contribution is 2.52. The summed E-state index contributed by atoms with van der Waals surface area (Å²) in [6.45, 7) is -2.48. The molecule has 1 unspecified atom stereocenters. The topological polar surface area (TPSA) is 149 Å². The Kier molecular flexibility index (Phi) is 11.7. The monoisotopic (exact) mass is 717 g/mol. The fraction of sp³-hybridized carbons (Fsp3) is 0.517. The highest BCUT2D eigenvalue weighted by molar-refractivity contribution is 7.11. The van der Waals surface area contributed by atoms with Crippen LogP contribution in [0.3, 0.4) is 0 Å². The molecule has 4 rings (SSSR count). The van der Waals surface area contributed by atoms with Gasteiger partial charge in [-0.3, -0.25) is 0 Å². The molecule has 1 aromatic carbocycles. The summed E-state index contributed by atoms with van der Waals surface area (Å²) in [5.41, 5.74) is 0.772. The van der Waals surface area contributed by atoms with E-state index in [1.54, 1.807) is 0 Å². The molecular formula is C29H31F8N3O7S. The van der Waals surface area contributed by atoms with Crippen LogP contribution in [0.2, 0.25) is 0 Å². The number of aromatic nitrogens is 2. The zero-order chi connectivity index (χ0) is 35.4. The van der Waals surface area contributed by atoms with Gasteiger partial charge in [0.25, 0.3) is 0 Å². The van der Waals surface area contributed by atoms with Crippen molar-refractivity contribution in [3.8, 4) is 17.4 Å². The van der Waals surface area contributed by atoms with Crippen LogP contribution in [0, 0.1) is 0 Å². The molecule has 0 aliphatic heterocycles. The molecule has 19 heteroatoms. The first-order valence-electron chi connectivity index (χ1n) is 14.3. The number of aliphatic hydroxyl groups excluding tert-OH is 2. The second kappa shape index (κ2) is 15.0. The van der Waals surface area contributed by atoms with Crippen LogP contribution in [0.5, 0.6) is 17.4 Å². The molecule has 2 aromatic heterocycles. The van der Waals surface area contributed by atoms with Crippen molar-refractivity contribution in [3.05, 3.63) is 63.7 Å². The number of thiazole rings is 1. The summed E-state index contributed by atoms with van der Waals surface area (Å²) in [4.78, 5) is 7.34. The molecule has 1 fully saturated rings. The molecule has 1 saturated carbocycles. The Morgan fingerprint density at radius 3 is 2.21 bits per heavy atom. The summed E-state index contributed by atoms with van der Waals surface area (Å²) < 4.78 is 129. The number of pyridine rings is 1. The van der Waals surface area contributed by atoms with Crippen LogP contribution in [0.25, 0.3) is 0 Å². The standard InChI is InChI=1S/C29H31F8N3O7S/c1-14(44-22(13-41)19(42)10-38)45-24-7-2-15(11-39-24)8-18(16-3-6-20(47-26(30)31)21(9-16)46-17-4-5-17)23-12-40-25(48-23)27(43,28(32,33)34)29(35,36)37/h2-3,6-7,9,11-12,14,17-19,22,26,41-43H,4-5,8,10,13,38H2,1H3/t14-,18-,19-,22?/m0/s1. The van der Waals surface area contributed by atoms with Crippen LogP contribution in [0.1, 0.15) is 46.7 Å². The number of alkyl halides is 8. The number of rotatable bonds is 16. The molecule has 1 aliphatic rings. The Hall–Kier alpha value is -3.36. The molecule has 0 spiro atoms. The van der Waals surface area contributed by atoms with Gasteiger partial charge in [0.15, 0.2) is 17.8 Å². The summed E-state index contributed by atoms with van der Waals surface area (Å²) in [7, 11) is 0. The minimum absolute atomic E-state index is 0.0184. The van der Waals surface area contributed by atoms with Gasteiger partial charge in [-0.25, -0.2) is 9.97 Å². The van der Waals surface area contributed by atoms with E-state index in [0.717, 1.165) is 12.3 Å². The van der Waals surface area contributed by atoms with E-state index in [1.165, 1.54) is 37.4 Å². The molecule has 0 amide bonds. The third-order valence-corrected chi connectivity index (χ3v) is 8.36. The van der Waals surface area contributed by atoms with E-state index in [2.05, 4.69) is 14.7 Å². The number of ether oxygens (including phenoxy) is 4. The highest BCUT2D eigenvalue weighted by atomic mass is 32.1. The molecule has 0 saturated heterocycles. The maximum Gasteiger partial charge on any atom is 0.433 e. The maximum absolute atomic E-state index is 13.6.